The van der Waals surface area contributed by atoms with Gasteiger partial charge in [0.15, 0.2) is 0 Å². The number of likely N-dealkylation sites (tertiary alicyclic amines) is 2. The first-order valence-electron chi connectivity index (χ1n) is 11.2. The highest BCUT2D eigenvalue weighted by Gasteiger charge is 2.33. The molecule has 2 saturated heterocycles. The molecule has 1 amide bonds. The summed E-state index contributed by atoms with van der Waals surface area (Å²) in [5.74, 6) is 2.00. The summed E-state index contributed by atoms with van der Waals surface area (Å²) in [6.45, 7) is 9.57. The molecular formula is C24H34N4O. The maximum Gasteiger partial charge on any atom is 0.274 e. The first-order valence-corrected chi connectivity index (χ1v) is 11.2. The van der Waals surface area contributed by atoms with E-state index in [2.05, 4.69) is 59.3 Å². The van der Waals surface area contributed by atoms with E-state index >= 15 is 0 Å². The van der Waals surface area contributed by atoms with E-state index < -0.39 is 0 Å². The fourth-order valence-electron chi connectivity index (χ4n) is 4.86. The van der Waals surface area contributed by atoms with Crippen LogP contribution in [0.3, 0.4) is 0 Å². The standard InChI is InChI=1S/C24H34N4O/c1-18(2)22-16-23(26-25-22)24(29)28-14-10-20(11-15-28)21-9-13-27(17-21)12-8-19-6-4-3-5-7-19/h3-7,16,18,20-21H,8-15,17H2,1-2H3,(H,25,26). The van der Waals surface area contributed by atoms with Crippen LogP contribution < -0.4 is 0 Å². The minimum absolute atomic E-state index is 0.0857. The number of nitrogens with zero attached hydrogens (tertiary/aromatic N) is 3. The lowest BCUT2D eigenvalue weighted by Gasteiger charge is -2.34. The van der Waals surface area contributed by atoms with E-state index in [1.807, 2.05) is 11.0 Å². The van der Waals surface area contributed by atoms with Crippen LogP contribution in [0.4, 0.5) is 0 Å². The van der Waals surface area contributed by atoms with E-state index in [0.717, 1.165) is 56.4 Å². The zero-order chi connectivity index (χ0) is 20.2. The van der Waals surface area contributed by atoms with Crippen molar-refractivity contribution in [2.24, 2.45) is 11.8 Å². The summed E-state index contributed by atoms with van der Waals surface area (Å²) in [6, 6.07) is 12.7. The van der Waals surface area contributed by atoms with E-state index in [1.165, 1.54) is 25.1 Å². The molecular weight excluding hydrogens is 360 g/mol. The van der Waals surface area contributed by atoms with Gasteiger partial charge < -0.3 is 9.80 Å². The fourth-order valence-corrected chi connectivity index (χ4v) is 4.86. The van der Waals surface area contributed by atoms with Crippen molar-refractivity contribution in [3.8, 4) is 0 Å². The number of amides is 1. The molecule has 1 unspecified atom stereocenters. The second-order valence-corrected chi connectivity index (χ2v) is 9.08. The van der Waals surface area contributed by atoms with E-state index in [4.69, 9.17) is 0 Å². The predicted octanol–water partition coefficient (Wildman–Crippen LogP) is 3.95. The molecule has 2 fully saturated rings. The topological polar surface area (TPSA) is 52.2 Å². The number of hydrogen-bond donors (Lipinski definition) is 1. The van der Waals surface area contributed by atoms with Gasteiger partial charge in [-0.15, -0.1) is 0 Å². The summed E-state index contributed by atoms with van der Waals surface area (Å²) >= 11 is 0. The third-order valence-corrected chi connectivity index (χ3v) is 6.80. The van der Waals surface area contributed by atoms with Crippen LogP contribution in [0.25, 0.3) is 0 Å². The molecule has 2 aliphatic rings. The average Bonchev–Trinajstić information content (AvgIpc) is 3.43. The van der Waals surface area contributed by atoms with Crippen LogP contribution in [0.2, 0.25) is 0 Å². The fraction of sp³-hybridized carbons (Fsp3) is 0.583. The number of aromatic nitrogens is 2. The number of carbonyl (C=O) groups excluding carboxylic acids is 1. The Morgan fingerprint density at radius 1 is 1.10 bits per heavy atom. The van der Waals surface area contributed by atoms with E-state index in [-0.39, 0.29) is 5.91 Å². The lowest BCUT2D eigenvalue weighted by Crippen LogP contribution is -2.40. The molecule has 29 heavy (non-hydrogen) atoms. The van der Waals surface area contributed by atoms with Crippen molar-refractivity contribution in [1.29, 1.82) is 0 Å². The quantitative estimate of drug-likeness (QED) is 0.807. The molecule has 2 aromatic rings. The van der Waals surface area contributed by atoms with Gasteiger partial charge >= 0.3 is 0 Å². The molecule has 4 rings (SSSR count). The number of rotatable bonds is 6. The van der Waals surface area contributed by atoms with Crippen LogP contribution >= 0.6 is 0 Å². The number of benzene rings is 1. The van der Waals surface area contributed by atoms with Crippen molar-refractivity contribution >= 4 is 5.91 Å². The van der Waals surface area contributed by atoms with Gasteiger partial charge in [0.1, 0.15) is 5.69 Å². The summed E-state index contributed by atoms with van der Waals surface area (Å²) in [5.41, 5.74) is 3.03. The first kappa shape index (κ1) is 20.1. The van der Waals surface area contributed by atoms with Crippen molar-refractivity contribution in [3.05, 3.63) is 53.3 Å². The minimum atomic E-state index is 0.0857. The Bertz CT molecular complexity index is 792. The number of H-pyrrole nitrogens is 1. The summed E-state index contributed by atoms with van der Waals surface area (Å²) in [7, 11) is 0. The maximum atomic E-state index is 12.8. The van der Waals surface area contributed by atoms with Gasteiger partial charge in [0.2, 0.25) is 0 Å². The molecule has 5 heteroatoms. The first-order chi connectivity index (χ1) is 14.1. The van der Waals surface area contributed by atoms with Crippen molar-refractivity contribution in [3.63, 3.8) is 0 Å². The molecule has 1 atom stereocenters. The Morgan fingerprint density at radius 3 is 2.52 bits per heavy atom. The lowest BCUT2D eigenvalue weighted by molar-refractivity contribution is 0.0653. The van der Waals surface area contributed by atoms with E-state index in [9.17, 15) is 4.79 Å². The average molecular weight is 395 g/mol. The smallest absolute Gasteiger partial charge is 0.274 e. The summed E-state index contributed by atoms with van der Waals surface area (Å²) in [5, 5.41) is 7.25. The Kier molecular flexibility index (Phi) is 6.34. The lowest BCUT2D eigenvalue weighted by atomic mass is 9.83. The molecule has 1 N–H and O–H groups in total. The van der Waals surface area contributed by atoms with Crippen molar-refractivity contribution in [1.82, 2.24) is 20.0 Å². The van der Waals surface area contributed by atoms with Gasteiger partial charge in [0.05, 0.1) is 0 Å². The van der Waals surface area contributed by atoms with Gasteiger partial charge in [-0.3, -0.25) is 9.89 Å². The molecule has 0 saturated carbocycles. The summed E-state index contributed by atoms with van der Waals surface area (Å²) in [4.78, 5) is 17.4. The molecule has 3 heterocycles. The van der Waals surface area contributed by atoms with Crippen molar-refractivity contribution in [2.75, 3.05) is 32.7 Å². The second-order valence-electron chi connectivity index (χ2n) is 9.08. The Hall–Kier alpha value is -2.14. The molecule has 0 bridgehead atoms. The Morgan fingerprint density at radius 2 is 1.83 bits per heavy atom. The normalized spacial score (nSPS) is 21.2. The monoisotopic (exact) mass is 394 g/mol. The number of aromatic amines is 1. The summed E-state index contributed by atoms with van der Waals surface area (Å²) in [6.07, 6.45) is 4.71. The van der Waals surface area contributed by atoms with Crippen LogP contribution in [0.5, 0.6) is 0 Å². The van der Waals surface area contributed by atoms with Crippen LogP contribution in [-0.2, 0) is 6.42 Å². The van der Waals surface area contributed by atoms with Crippen LogP contribution in [0.1, 0.15) is 60.8 Å². The van der Waals surface area contributed by atoms with Gasteiger partial charge in [-0.25, -0.2) is 0 Å². The van der Waals surface area contributed by atoms with Gasteiger partial charge in [-0.05, 0) is 61.6 Å². The molecule has 5 nitrogen and oxygen atoms in total. The van der Waals surface area contributed by atoms with Crippen LogP contribution in [0.15, 0.2) is 36.4 Å². The molecule has 0 spiro atoms. The van der Waals surface area contributed by atoms with E-state index in [1.54, 1.807) is 0 Å². The SMILES string of the molecule is CC(C)c1cc(C(=O)N2CCC(C3CCN(CCc4ccccc4)C3)CC2)n[nH]1. The zero-order valence-corrected chi connectivity index (χ0v) is 17.8. The van der Waals surface area contributed by atoms with Crippen molar-refractivity contribution in [2.45, 2.75) is 45.4 Å². The number of carbonyl (C=O) groups is 1. The largest absolute Gasteiger partial charge is 0.337 e. The molecule has 0 radical (unpaired) electrons. The summed E-state index contributed by atoms with van der Waals surface area (Å²) < 4.78 is 0. The number of piperidine rings is 1. The van der Waals surface area contributed by atoms with Crippen molar-refractivity contribution < 1.29 is 4.79 Å². The third-order valence-electron chi connectivity index (χ3n) is 6.80. The van der Waals surface area contributed by atoms with Gasteiger partial charge in [0.25, 0.3) is 5.91 Å². The highest BCUT2D eigenvalue weighted by molar-refractivity contribution is 5.92. The minimum Gasteiger partial charge on any atom is -0.337 e. The number of hydrogen-bond acceptors (Lipinski definition) is 3. The Labute approximate surface area is 174 Å². The van der Waals surface area contributed by atoms with Crippen LogP contribution in [-0.4, -0.2) is 58.6 Å². The maximum absolute atomic E-state index is 12.8. The van der Waals surface area contributed by atoms with E-state index in [0.29, 0.717) is 11.6 Å². The highest BCUT2D eigenvalue weighted by Crippen LogP contribution is 2.32. The molecule has 156 valence electrons. The molecule has 1 aromatic carbocycles. The Balaban J connectivity index is 1.23. The molecule has 2 aliphatic heterocycles. The van der Waals surface area contributed by atoms with Gasteiger partial charge in [-0.1, -0.05) is 44.2 Å². The van der Waals surface area contributed by atoms with Crippen LogP contribution in [0, 0.1) is 11.8 Å². The second kappa shape index (κ2) is 9.12. The molecule has 0 aliphatic carbocycles. The van der Waals surface area contributed by atoms with Gasteiger partial charge in [0, 0.05) is 31.9 Å². The predicted molar refractivity (Wildman–Crippen MR) is 116 cm³/mol. The highest BCUT2D eigenvalue weighted by atomic mass is 16.2. The molecule has 1 aromatic heterocycles. The van der Waals surface area contributed by atoms with Gasteiger partial charge in [-0.2, -0.15) is 5.10 Å². The number of nitrogens with one attached hydrogen (secondary N) is 1. The zero-order valence-electron chi connectivity index (χ0n) is 17.8. The third kappa shape index (κ3) is 4.89.